The molecule has 0 radical (unpaired) electrons. The van der Waals surface area contributed by atoms with Crippen molar-refractivity contribution in [1.82, 2.24) is 10.3 Å². The monoisotopic (exact) mass is 314 g/mol. The highest BCUT2D eigenvalue weighted by Crippen LogP contribution is 2.19. The number of ketones is 1. The van der Waals surface area contributed by atoms with Crippen LogP contribution in [-0.4, -0.2) is 22.7 Å². The first-order valence-corrected chi connectivity index (χ1v) is 8.32. The third-order valence-electron chi connectivity index (χ3n) is 4.43. The van der Waals surface area contributed by atoms with Gasteiger partial charge in [-0.25, -0.2) is 0 Å². The zero-order chi connectivity index (χ0) is 17.0. The Morgan fingerprint density at radius 1 is 1.17 bits per heavy atom. The third-order valence-corrected chi connectivity index (χ3v) is 4.43. The second-order valence-electron chi connectivity index (χ2n) is 6.52. The molecule has 124 valence electrons. The molecule has 0 aliphatic carbocycles. The van der Waals surface area contributed by atoms with E-state index in [1.54, 1.807) is 0 Å². The van der Waals surface area contributed by atoms with Gasteiger partial charge < -0.3 is 10.3 Å². The number of aromatic amines is 1. The Morgan fingerprint density at radius 3 is 2.52 bits per heavy atom. The van der Waals surface area contributed by atoms with E-state index in [0.717, 1.165) is 22.9 Å². The Kier molecular flexibility index (Phi) is 5.59. The molecule has 2 N–H and O–H groups in total. The van der Waals surface area contributed by atoms with Crippen molar-refractivity contribution in [1.29, 1.82) is 0 Å². The zero-order valence-electron chi connectivity index (χ0n) is 14.3. The van der Waals surface area contributed by atoms with Gasteiger partial charge in [-0.1, -0.05) is 52.3 Å². The number of hydrogen-bond donors (Lipinski definition) is 2. The molecule has 1 aromatic heterocycles. The van der Waals surface area contributed by atoms with Gasteiger partial charge in [0.2, 0.25) is 5.91 Å². The summed E-state index contributed by atoms with van der Waals surface area (Å²) in [5.74, 6) is 0.0555. The molecule has 4 nitrogen and oxygen atoms in total. The van der Waals surface area contributed by atoms with E-state index in [1.165, 1.54) is 0 Å². The summed E-state index contributed by atoms with van der Waals surface area (Å²) in [4.78, 5) is 28.0. The average Bonchev–Trinajstić information content (AvgIpc) is 2.94. The average molecular weight is 314 g/mol. The van der Waals surface area contributed by atoms with Crippen LogP contribution in [0.25, 0.3) is 10.9 Å². The maximum Gasteiger partial charge on any atom is 0.225 e. The molecule has 2 aromatic rings. The van der Waals surface area contributed by atoms with Crippen molar-refractivity contribution in [2.75, 3.05) is 0 Å². The molecule has 1 aromatic carbocycles. The van der Waals surface area contributed by atoms with E-state index < -0.39 is 6.04 Å². The van der Waals surface area contributed by atoms with Gasteiger partial charge in [-0.15, -0.1) is 0 Å². The van der Waals surface area contributed by atoms with Crippen LogP contribution >= 0.6 is 0 Å². The zero-order valence-corrected chi connectivity index (χ0v) is 14.3. The smallest absolute Gasteiger partial charge is 0.225 e. The van der Waals surface area contributed by atoms with Crippen LogP contribution in [0.5, 0.6) is 0 Å². The molecule has 1 heterocycles. The number of aromatic nitrogens is 1. The fraction of sp³-hybridized carbons (Fsp3) is 0.474. The predicted octanol–water partition coefficient (Wildman–Crippen LogP) is 3.47. The molecule has 0 fully saturated rings. The molecule has 0 aliphatic heterocycles. The number of hydrogen-bond acceptors (Lipinski definition) is 2. The minimum Gasteiger partial charge on any atom is -0.361 e. The number of carbonyl (C=O) groups is 2. The molecule has 23 heavy (non-hydrogen) atoms. The molecule has 2 rings (SSSR count). The van der Waals surface area contributed by atoms with Gasteiger partial charge in [0.15, 0.2) is 5.78 Å². The van der Waals surface area contributed by atoms with Crippen LogP contribution in [-0.2, 0) is 16.0 Å². The van der Waals surface area contributed by atoms with Crippen molar-refractivity contribution in [3.05, 3.63) is 36.0 Å². The molecule has 0 saturated carbocycles. The van der Waals surface area contributed by atoms with E-state index in [9.17, 15) is 9.59 Å². The summed E-state index contributed by atoms with van der Waals surface area (Å²) in [6, 6.07) is 7.50. The minimum absolute atomic E-state index is 0.0811. The number of benzene rings is 1. The summed E-state index contributed by atoms with van der Waals surface area (Å²) in [5.41, 5.74) is 1.98. The highest BCUT2D eigenvalue weighted by molar-refractivity contribution is 5.93. The van der Waals surface area contributed by atoms with Crippen molar-refractivity contribution in [2.45, 2.75) is 46.6 Å². The molecule has 0 spiro atoms. The van der Waals surface area contributed by atoms with Crippen molar-refractivity contribution in [3.63, 3.8) is 0 Å². The summed E-state index contributed by atoms with van der Waals surface area (Å²) in [6.45, 7) is 7.81. The maximum absolute atomic E-state index is 12.4. The lowest BCUT2D eigenvalue weighted by molar-refractivity contribution is -0.130. The molecule has 4 heteroatoms. The molecule has 0 saturated heterocycles. The number of para-hydroxylation sites is 1. The summed E-state index contributed by atoms with van der Waals surface area (Å²) < 4.78 is 0. The van der Waals surface area contributed by atoms with Gasteiger partial charge >= 0.3 is 0 Å². The lowest BCUT2D eigenvalue weighted by Crippen LogP contribution is -2.47. The van der Waals surface area contributed by atoms with Crippen molar-refractivity contribution in [3.8, 4) is 0 Å². The first-order chi connectivity index (χ1) is 10.9. The molecule has 1 amide bonds. The van der Waals surface area contributed by atoms with Gasteiger partial charge in [-0.3, -0.25) is 9.59 Å². The number of H-pyrrole nitrogens is 1. The standard InChI is InChI=1S/C19H26N2O2/c1-5-13(4)18(19(23)12(2)3)21-17(22)10-14-11-20-16-9-7-6-8-15(14)16/h6-9,11-13,18,20H,5,10H2,1-4H3,(H,21,22)/t13-,18-/m0/s1. The minimum atomic E-state index is -0.405. The Balaban J connectivity index is 2.11. The summed E-state index contributed by atoms with van der Waals surface area (Å²) >= 11 is 0. The summed E-state index contributed by atoms with van der Waals surface area (Å²) in [5, 5.41) is 4.00. The van der Waals surface area contributed by atoms with E-state index in [0.29, 0.717) is 0 Å². The summed E-state index contributed by atoms with van der Waals surface area (Å²) in [6.07, 6.45) is 3.01. The lowest BCUT2D eigenvalue weighted by Gasteiger charge is -2.24. The van der Waals surface area contributed by atoms with Gasteiger partial charge in [-0.2, -0.15) is 0 Å². The first-order valence-electron chi connectivity index (χ1n) is 8.32. The summed E-state index contributed by atoms with van der Waals surface area (Å²) in [7, 11) is 0. The fourth-order valence-corrected chi connectivity index (χ4v) is 2.76. The Labute approximate surface area is 137 Å². The van der Waals surface area contributed by atoms with E-state index >= 15 is 0 Å². The van der Waals surface area contributed by atoms with E-state index in [-0.39, 0.29) is 29.9 Å². The largest absolute Gasteiger partial charge is 0.361 e. The number of nitrogens with one attached hydrogen (secondary N) is 2. The first kappa shape index (κ1) is 17.3. The maximum atomic E-state index is 12.4. The van der Waals surface area contributed by atoms with Crippen LogP contribution < -0.4 is 5.32 Å². The predicted molar refractivity (Wildman–Crippen MR) is 93.2 cm³/mol. The third kappa shape index (κ3) is 4.01. The van der Waals surface area contributed by atoms with Crippen LogP contribution in [0.15, 0.2) is 30.5 Å². The number of rotatable bonds is 7. The molecular formula is C19H26N2O2. The van der Waals surface area contributed by atoms with Gasteiger partial charge in [0.1, 0.15) is 0 Å². The van der Waals surface area contributed by atoms with Crippen LogP contribution in [0.1, 0.15) is 39.7 Å². The van der Waals surface area contributed by atoms with Crippen LogP contribution in [0, 0.1) is 11.8 Å². The van der Waals surface area contributed by atoms with Gasteiger partial charge in [0.25, 0.3) is 0 Å². The van der Waals surface area contributed by atoms with Gasteiger partial charge in [0.05, 0.1) is 12.5 Å². The Hall–Kier alpha value is -2.10. The van der Waals surface area contributed by atoms with Gasteiger partial charge in [-0.05, 0) is 17.5 Å². The molecule has 0 bridgehead atoms. The lowest BCUT2D eigenvalue weighted by atomic mass is 9.90. The topological polar surface area (TPSA) is 62.0 Å². The van der Waals surface area contributed by atoms with Crippen molar-refractivity contribution >= 4 is 22.6 Å². The molecular weight excluding hydrogens is 288 g/mol. The van der Waals surface area contributed by atoms with Crippen LogP contribution in [0.3, 0.4) is 0 Å². The van der Waals surface area contributed by atoms with Gasteiger partial charge in [0, 0.05) is 23.0 Å². The molecule has 2 atom stereocenters. The second-order valence-corrected chi connectivity index (χ2v) is 6.52. The van der Waals surface area contributed by atoms with Crippen molar-refractivity contribution in [2.24, 2.45) is 11.8 Å². The highest BCUT2D eigenvalue weighted by Gasteiger charge is 2.27. The van der Waals surface area contributed by atoms with E-state index in [1.807, 2.05) is 58.2 Å². The SMILES string of the molecule is CC[C@H](C)[C@H](NC(=O)Cc1c[nH]c2ccccc12)C(=O)C(C)C. The van der Waals surface area contributed by atoms with E-state index in [4.69, 9.17) is 0 Å². The quantitative estimate of drug-likeness (QED) is 0.822. The Morgan fingerprint density at radius 2 is 1.87 bits per heavy atom. The Bertz CT molecular complexity index is 687. The number of Topliss-reactive ketones (excluding diaryl/α,β-unsaturated/α-hetero) is 1. The van der Waals surface area contributed by atoms with E-state index in [2.05, 4.69) is 10.3 Å². The molecule has 0 aliphatic rings. The van der Waals surface area contributed by atoms with Crippen LogP contribution in [0.4, 0.5) is 0 Å². The molecule has 0 unspecified atom stereocenters. The number of amides is 1. The van der Waals surface area contributed by atoms with Crippen LogP contribution in [0.2, 0.25) is 0 Å². The normalized spacial score (nSPS) is 14.0. The fourth-order valence-electron chi connectivity index (χ4n) is 2.76. The second kappa shape index (κ2) is 7.44. The van der Waals surface area contributed by atoms with Crippen molar-refractivity contribution < 1.29 is 9.59 Å². The highest BCUT2D eigenvalue weighted by atomic mass is 16.2. The number of fused-ring (bicyclic) bond motifs is 1. The number of carbonyl (C=O) groups excluding carboxylic acids is 2.